The number of carbonyl (C=O) groups is 1. The molecule has 0 aromatic heterocycles. The molecule has 1 amide bonds. The van der Waals surface area contributed by atoms with Gasteiger partial charge in [-0.25, -0.2) is 4.39 Å². The van der Waals surface area contributed by atoms with Crippen LogP contribution in [0.1, 0.15) is 50.7 Å². The molecule has 0 spiro atoms. The van der Waals surface area contributed by atoms with Crippen LogP contribution in [-0.2, 0) is 11.3 Å². The Morgan fingerprint density at radius 1 is 1.00 bits per heavy atom. The largest absolute Gasteiger partial charge is 0.494 e. The second-order valence-electron chi connectivity index (χ2n) is 6.47. The number of hydrogen-bond donors (Lipinski definition) is 1. The highest BCUT2D eigenvalue weighted by Crippen LogP contribution is 2.23. The van der Waals surface area contributed by atoms with Gasteiger partial charge in [-0.3, -0.25) is 4.79 Å². The first kappa shape index (κ1) is 22.3. The number of ether oxygens (including phenoxy) is 2. The lowest BCUT2D eigenvalue weighted by atomic mass is 10.1. The molecular formula is C24H28FNO3. The third-order valence-corrected chi connectivity index (χ3v) is 4.08. The van der Waals surface area contributed by atoms with Crippen molar-refractivity contribution in [2.75, 3.05) is 13.2 Å². The van der Waals surface area contributed by atoms with Crippen LogP contribution in [0.25, 0.3) is 0 Å². The van der Waals surface area contributed by atoms with E-state index in [1.54, 1.807) is 12.1 Å². The molecular weight excluding hydrogens is 369 g/mol. The van der Waals surface area contributed by atoms with Gasteiger partial charge in [0.2, 0.25) is 5.91 Å². The van der Waals surface area contributed by atoms with Crippen molar-refractivity contribution in [1.29, 1.82) is 0 Å². The molecule has 0 aliphatic rings. The van der Waals surface area contributed by atoms with Crippen molar-refractivity contribution >= 4 is 5.91 Å². The molecule has 1 N–H and O–H groups in total. The summed E-state index contributed by atoms with van der Waals surface area (Å²) in [7, 11) is 0. The van der Waals surface area contributed by atoms with Crippen molar-refractivity contribution in [3.8, 4) is 23.3 Å². The smallest absolute Gasteiger partial charge is 0.220 e. The first-order valence-electron chi connectivity index (χ1n) is 10.0. The minimum Gasteiger partial charge on any atom is -0.494 e. The summed E-state index contributed by atoms with van der Waals surface area (Å²) in [5, 5.41) is 2.94. The molecule has 2 aromatic rings. The Bertz CT molecular complexity index is 813. The Hall–Kier alpha value is -3.00. The number of hydrogen-bond acceptors (Lipinski definition) is 3. The third-order valence-electron chi connectivity index (χ3n) is 4.08. The van der Waals surface area contributed by atoms with E-state index in [-0.39, 0.29) is 11.7 Å². The standard InChI is InChI=1S/C24H28FNO3/c1-3-28-22-15-20(16-23(17-22)29-4-2)18-26-24(27)10-8-6-5-7-9-19-11-13-21(25)14-12-19/h11-17H,3-6,8,10,18H2,1-2H3,(H,26,27). The van der Waals surface area contributed by atoms with Crippen LogP contribution in [0.2, 0.25) is 0 Å². The van der Waals surface area contributed by atoms with Gasteiger partial charge in [0.25, 0.3) is 0 Å². The lowest BCUT2D eigenvalue weighted by Gasteiger charge is -2.11. The molecule has 0 atom stereocenters. The minimum atomic E-state index is -0.264. The molecule has 154 valence electrons. The van der Waals surface area contributed by atoms with Gasteiger partial charge in [-0.15, -0.1) is 0 Å². The summed E-state index contributed by atoms with van der Waals surface area (Å²) in [5.41, 5.74) is 1.74. The summed E-state index contributed by atoms with van der Waals surface area (Å²) < 4.78 is 23.9. The van der Waals surface area contributed by atoms with Gasteiger partial charge < -0.3 is 14.8 Å². The summed E-state index contributed by atoms with van der Waals surface area (Å²) in [5.74, 6) is 7.28. The van der Waals surface area contributed by atoms with Crippen LogP contribution in [-0.4, -0.2) is 19.1 Å². The normalized spacial score (nSPS) is 10.0. The number of benzene rings is 2. The minimum absolute atomic E-state index is 0.0104. The van der Waals surface area contributed by atoms with Crippen LogP contribution in [0, 0.1) is 17.7 Å². The first-order chi connectivity index (χ1) is 14.1. The SMILES string of the molecule is CCOc1cc(CNC(=O)CCCCC#Cc2ccc(F)cc2)cc(OCC)c1. The zero-order valence-electron chi connectivity index (χ0n) is 17.1. The van der Waals surface area contributed by atoms with Crippen molar-refractivity contribution in [3.05, 3.63) is 59.4 Å². The predicted octanol–water partition coefficient (Wildman–Crippen LogP) is 4.85. The number of carbonyl (C=O) groups excluding carboxylic acids is 1. The van der Waals surface area contributed by atoms with Crippen molar-refractivity contribution in [2.45, 2.75) is 46.1 Å². The molecule has 0 bridgehead atoms. The molecule has 0 aliphatic carbocycles. The van der Waals surface area contributed by atoms with Crippen LogP contribution in [0.5, 0.6) is 11.5 Å². The van der Waals surface area contributed by atoms with Crippen LogP contribution < -0.4 is 14.8 Å². The van der Waals surface area contributed by atoms with Crippen LogP contribution in [0.4, 0.5) is 4.39 Å². The van der Waals surface area contributed by atoms with Gasteiger partial charge in [0.05, 0.1) is 13.2 Å². The molecule has 29 heavy (non-hydrogen) atoms. The molecule has 2 aromatic carbocycles. The molecule has 0 saturated carbocycles. The fourth-order valence-electron chi connectivity index (χ4n) is 2.72. The van der Waals surface area contributed by atoms with Gasteiger partial charge in [-0.05, 0) is 68.7 Å². The second-order valence-corrected chi connectivity index (χ2v) is 6.47. The van der Waals surface area contributed by atoms with Gasteiger partial charge in [0.1, 0.15) is 17.3 Å². The summed E-state index contributed by atoms with van der Waals surface area (Å²) >= 11 is 0. The average Bonchev–Trinajstić information content (AvgIpc) is 2.71. The number of nitrogens with one attached hydrogen (secondary N) is 1. The van der Waals surface area contributed by atoms with E-state index in [1.165, 1.54) is 12.1 Å². The van der Waals surface area contributed by atoms with Gasteiger partial charge >= 0.3 is 0 Å². The van der Waals surface area contributed by atoms with Gasteiger partial charge in [0, 0.05) is 31.0 Å². The topological polar surface area (TPSA) is 47.6 Å². The first-order valence-corrected chi connectivity index (χ1v) is 10.0. The Morgan fingerprint density at radius 2 is 1.66 bits per heavy atom. The Kier molecular flexibility index (Phi) is 9.57. The van der Waals surface area contributed by atoms with Crippen LogP contribution in [0.15, 0.2) is 42.5 Å². The molecule has 0 saturated heterocycles. The van der Waals surface area contributed by atoms with Gasteiger partial charge in [-0.2, -0.15) is 0 Å². The average molecular weight is 397 g/mol. The van der Waals surface area contributed by atoms with E-state index in [2.05, 4.69) is 17.2 Å². The molecule has 0 unspecified atom stereocenters. The van der Waals surface area contributed by atoms with Crippen molar-refractivity contribution in [2.24, 2.45) is 0 Å². The molecule has 0 heterocycles. The van der Waals surface area contributed by atoms with E-state index in [1.807, 2.05) is 32.0 Å². The number of amides is 1. The van der Waals surface area contributed by atoms with E-state index in [0.29, 0.717) is 32.6 Å². The van der Waals surface area contributed by atoms with E-state index >= 15 is 0 Å². The molecule has 0 fully saturated rings. The Balaban J connectivity index is 1.71. The Morgan fingerprint density at radius 3 is 2.28 bits per heavy atom. The van der Waals surface area contributed by atoms with E-state index in [9.17, 15) is 9.18 Å². The van der Waals surface area contributed by atoms with Crippen LogP contribution in [0.3, 0.4) is 0 Å². The maximum atomic E-state index is 12.8. The predicted molar refractivity (Wildman–Crippen MR) is 112 cm³/mol. The van der Waals surface area contributed by atoms with Crippen molar-refractivity contribution in [1.82, 2.24) is 5.32 Å². The molecule has 5 heteroatoms. The Labute approximate surface area is 172 Å². The van der Waals surface area contributed by atoms with E-state index < -0.39 is 0 Å². The summed E-state index contributed by atoms with van der Waals surface area (Å²) in [6.07, 6.45) is 2.78. The fraction of sp³-hybridized carbons (Fsp3) is 0.375. The number of unbranched alkanes of at least 4 members (excludes halogenated alkanes) is 2. The van der Waals surface area contributed by atoms with Crippen LogP contribution >= 0.6 is 0 Å². The van der Waals surface area contributed by atoms with Gasteiger partial charge in [0.15, 0.2) is 0 Å². The van der Waals surface area contributed by atoms with E-state index in [0.717, 1.165) is 35.5 Å². The monoisotopic (exact) mass is 397 g/mol. The molecule has 0 aliphatic heterocycles. The number of halogens is 1. The summed E-state index contributed by atoms with van der Waals surface area (Å²) in [6, 6.07) is 11.8. The quantitative estimate of drug-likeness (QED) is 0.460. The third kappa shape index (κ3) is 8.69. The lowest BCUT2D eigenvalue weighted by Crippen LogP contribution is -2.22. The maximum absolute atomic E-state index is 12.8. The zero-order valence-corrected chi connectivity index (χ0v) is 17.1. The highest BCUT2D eigenvalue weighted by molar-refractivity contribution is 5.75. The molecule has 0 radical (unpaired) electrons. The molecule has 2 rings (SSSR count). The van der Waals surface area contributed by atoms with E-state index in [4.69, 9.17) is 9.47 Å². The highest BCUT2D eigenvalue weighted by Gasteiger charge is 2.05. The van der Waals surface area contributed by atoms with Crippen molar-refractivity contribution < 1.29 is 18.7 Å². The van der Waals surface area contributed by atoms with Crippen molar-refractivity contribution in [3.63, 3.8) is 0 Å². The summed E-state index contributed by atoms with van der Waals surface area (Å²) in [6.45, 7) is 5.44. The second kappa shape index (κ2) is 12.5. The van der Waals surface area contributed by atoms with Gasteiger partial charge in [-0.1, -0.05) is 11.8 Å². The number of rotatable bonds is 10. The molecule has 4 nitrogen and oxygen atoms in total. The summed E-state index contributed by atoms with van der Waals surface area (Å²) in [4.78, 5) is 12.1. The zero-order chi connectivity index (χ0) is 20.9. The highest BCUT2D eigenvalue weighted by atomic mass is 19.1. The fourth-order valence-corrected chi connectivity index (χ4v) is 2.72. The lowest BCUT2D eigenvalue weighted by molar-refractivity contribution is -0.121. The maximum Gasteiger partial charge on any atom is 0.220 e.